The number of nitrogens with one attached hydrogen (secondary N) is 1. The van der Waals surface area contributed by atoms with E-state index in [1.54, 1.807) is 12.3 Å². The van der Waals surface area contributed by atoms with Gasteiger partial charge in [0, 0.05) is 12.4 Å². The Hall–Kier alpha value is -1.58. The molecule has 0 unspecified atom stereocenters. The number of carbonyl (C=O) groups excluding carboxylic acids is 1. The van der Waals surface area contributed by atoms with E-state index in [9.17, 15) is 4.79 Å². The normalized spacial score (nSPS) is 14.8. The Labute approximate surface area is 64.3 Å². The molecule has 0 atom stereocenters. The molecule has 4 heteroatoms. The monoisotopic (exact) mass is 152 g/mol. The molecule has 0 saturated heterocycles. The third-order valence-corrected chi connectivity index (χ3v) is 1.14. The van der Waals surface area contributed by atoms with Gasteiger partial charge in [0.05, 0.1) is 19.0 Å². The van der Waals surface area contributed by atoms with E-state index in [0.29, 0.717) is 5.57 Å². The second-order valence-electron chi connectivity index (χ2n) is 1.85. The van der Waals surface area contributed by atoms with E-state index < -0.39 is 0 Å². The van der Waals surface area contributed by atoms with E-state index >= 15 is 0 Å². The molecule has 58 valence electrons. The molecule has 0 radical (unpaired) electrons. The number of aliphatic imine (C=N–C) groups is 1. The summed E-state index contributed by atoms with van der Waals surface area (Å²) in [6.07, 6.45) is 6.12. The SMILES string of the molecule is COC(=O)C1=CN=CNC=C1. The minimum atomic E-state index is -0.387. The van der Waals surface area contributed by atoms with Crippen LogP contribution < -0.4 is 5.32 Å². The first-order chi connectivity index (χ1) is 5.34. The van der Waals surface area contributed by atoms with E-state index in [-0.39, 0.29) is 5.97 Å². The number of esters is 1. The van der Waals surface area contributed by atoms with Crippen LogP contribution in [0.15, 0.2) is 29.0 Å². The lowest BCUT2D eigenvalue weighted by atomic mass is 10.3. The molecule has 0 saturated carbocycles. The number of hydrogen-bond acceptors (Lipinski definition) is 4. The van der Waals surface area contributed by atoms with Crippen LogP contribution in [-0.2, 0) is 9.53 Å². The van der Waals surface area contributed by atoms with Gasteiger partial charge in [-0.15, -0.1) is 0 Å². The molecule has 0 aromatic carbocycles. The van der Waals surface area contributed by atoms with Gasteiger partial charge in [-0.3, -0.25) is 0 Å². The molecule has 0 fully saturated rings. The lowest BCUT2D eigenvalue weighted by molar-refractivity contribution is -0.135. The zero-order valence-electron chi connectivity index (χ0n) is 6.07. The Morgan fingerprint density at radius 3 is 3.27 bits per heavy atom. The van der Waals surface area contributed by atoms with Crippen molar-refractivity contribution in [3.8, 4) is 0 Å². The standard InChI is InChI=1S/C7H8N2O2/c1-11-7(10)6-2-3-8-5-9-4-6/h2-5H,1H3,(H,8,9). The molecule has 0 spiro atoms. The van der Waals surface area contributed by atoms with Crippen molar-refractivity contribution >= 4 is 12.3 Å². The molecule has 11 heavy (non-hydrogen) atoms. The van der Waals surface area contributed by atoms with Crippen molar-refractivity contribution in [1.82, 2.24) is 5.32 Å². The fourth-order valence-electron chi connectivity index (χ4n) is 0.623. The molecule has 0 aromatic rings. The largest absolute Gasteiger partial charge is 0.465 e. The van der Waals surface area contributed by atoms with Gasteiger partial charge in [0.25, 0.3) is 0 Å². The van der Waals surface area contributed by atoms with Crippen molar-refractivity contribution in [2.45, 2.75) is 0 Å². The van der Waals surface area contributed by atoms with Crippen molar-refractivity contribution in [3.63, 3.8) is 0 Å². The highest BCUT2D eigenvalue weighted by Gasteiger charge is 2.05. The molecule has 1 aliphatic heterocycles. The molecular weight excluding hydrogens is 144 g/mol. The summed E-state index contributed by atoms with van der Waals surface area (Å²) in [6, 6.07) is 0. The predicted octanol–water partition coefficient (Wildman–Crippen LogP) is 0.188. The van der Waals surface area contributed by atoms with Crippen LogP contribution in [0.1, 0.15) is 0 Å². The van der Waals surface area contributed by atoms with Gasteiger partial charge in [-0.1, -0.05) is 0 Å². The van der Waals surface area contributed by atoms with Gasteiger partial charge in [0.15, 0.2) is 0 Å². The van der Waals surface area contributed by atoms with Gasteiger partial charge in [-0.25, -0.2) is 9.79 Å². The highest BCUT2D eigenvalue weighted by molar-refractivity contribution is 5.91. The van der Waals surface area contributed by atoms with Crippen LogP contribution in [0.5, 0.6) is 0 Å². The molecule has 4 nitrogen and oxygen atoms in total. The summed E-state index contributed by atoms with van der Waals surface area (Å²) in [6.45, 7) is 0. The van der Waals surface area contributed by atoms with E-state index in [0.717, 1.165) is 0 Å². The molecule has 0 amide bonds. The Bertz CT molecular complexity index is 241. The quantitative estimate of drug-likeness (QED) is 0.545. The lowest BCUT2D eigenvalue weighted by Crippen LogP contribution is -2.02. The summed E-state index contributed by atoms with van der Waals surface area (Å²) in [5.41, 5.74) is 0.425. The van der Waals surface area contributed by atoms with Crippen molar-refractivity contribution in [3.05, 3.63) is 24.0 Å². The first kappa shape index (κ1) is 7.53. The van der Waals surface area contributed by atoms with Gasteiger partial charge in [-0.2, -0.15) is 0 Å². The second kappa shape index (κ2) is 3.55. The fraction of sp³-hybridized carbons (Fsp3) is 0.143. The highest BCUT2D eigenvalue weighted by Crippen LogP contribution is 2.00. The van der Waals surface area contributed by atoms with Crippen LogP contribution in [0, 0.1) is 0 Å². The molecule has 0 aliphatic carbocycles. The van der Waals surface area contributed by atoms with Crippen LogP contribution in [0.4, 0.5) is 0 Å². The lowest BCUT2D eigenvalue weighted by Gasteiger charge is -1.95. The van der Waals surface area contributed by atoms with Crippen molar-refractivity contribution < 1.29 is 9.53 Å². The van der Waals surface area contributed by atoms with Gasteiger partial charge < -0.3 is 10.1 Å². The van der Waals surface area contributed by atoms with E-state index in [1.165, 1.54) is 19.6 Å². The summed E-state index contributed by atoms with van der Waals surface area (Å²) in [5.74, 6) is -0.387. The first-order valence-corrected chi connectivity index (χ1v) is 3.07. The number of hydrogen-bond donors (Lipinski definition) is 1. The van der Waals surface area contributed by atoms with E-state index in [1.807, 2.05) is 0 Å². The Morgan fingerprint density at radius 2 is 2.55 bits per heavy atom. The number of rotatable bonds is 1. The van der Waals surface area contributed by atoms with Crippen LogP contribution in [0.3, 0.4) is 0 Å². The van der Waals surface area contributed by atoms with Gasteiger partial charge >= 0.3 is 5.97 Å². The zero-order valence-corrected chi connectivity index (χ0v) is 6.07. The van der Waals surface area contributed by atoms with Gasteiger partial charge in [0.2, 0.25) is 0 Å². The Morgan fingerprint density at radius 1 is 1.73 bits per heavy atom. The van der Waals surface area contributed by atoms with E-state index in [4.69, 9.17) is 0 Å². The van der Waals surface area contributed by atoms with Crippen molar-refractivity contribution in [2.24, 2.45) is 4.99 Å². The second-order valence-corrected chi connectivity index (χ2v) is 1.85. The average molecular weight is 152 g/mol. The maximum atomic E-state index is 10.9. The molecule has 1 rings (SSSR count). The van der Waals surface area contributed by atoms with Crippen LogP contribution in [0.25, 0.3) is 0 Å². The maximum absolute atomic E-state index is 10.9. The smallest absolute Gasteiger partial charge is 0.339 e. The summed E-state index contributed by atoms with van der Waals surface area (Å²) in [5, 5.41) is 2.72. The summed E-state index contributed by atoms with van der Waals surface area (Å²) in [4.78, 5) is 14.6. The third-order valence-electron chi connectivity index (χ3n) is 1.14. The molecule has 0 aromatic heterocycles. The first-order valence-electron chi connectivity index (χ1n) is 3.07. The number of ether oxygens (including phenoxy) is 1. The predicted molar refractivity (Wildman–Crippen MR) is 40.9 cm³/mol. The molecule has 1 N–H and O–H groups in total. The minimum Gasteiger partial charge on any atom is -0.465 e. The minimum absolute atomic E-state index is 0.387. The number of nitrogens with zero attached hydrogens (tertiary/aromatic N) is 1. The van der Waals surface area contributed by atoms with Crippen LogP contribution in [-0.4, -0.2) is 19.4 Å². The molecule has 0 bridgehead atoms. The van der Waals surface area contributed by atoms with Crippen molar-refractivity contribution in [2.75, 3.05) is 7.11 Å². The van der Waals surface area contributed by atoms with Crippen molar-refractivity contribution in [1.29, 1.82) is 0 Å². The number of carbonyl (C=O) groups is 1. The van der Waals surface area contributed by atoms with Gasteiger partial charge in [0.1, 0.15) is 0 Å². The molecule has 1 aliphatic rings. The summed E-state index contributed by atoms with van der Waals surface area (Å²) in [7, 11) is 1.33. The maximum Gasteiger partial charge on any atom is 0.339 e. The molecular formula is C7H8N2O2. The topological polar surface area (TPSA) is 50.7 Å². The van der Waals surface area contributed by atoms with E-state index in [2.05, 4.69) is 15.0 Å². The average Bonchev–Trinajstić information content (AvgIpc) is 2.30. The highest BCUT2D eigenvalue weighted by atomic mass is 16.5. The Balaban J connectivity index is 2.77. The van der Waals surface area contributed by atoms with Crippen LogP contribution >= 0.6 is 0 Å². The third kappa shape index (κ3) is 1.93. The summed E-state index contributed by atoms with van der Waals surface area (Å²) >= 11 is 0. The summed E-state index contributed by atoms with van der Waals surface area (Å²) < 4.78 is 4.49. The zero-order chi connectivity index (χ0) is 8.10. The van der Waals surface area contributed by atoms with Gasteiger partial charge in [-0.05, 0) is 6.08 Å². The fourth-order valence-corrected chi connectivity index (χ4v) is 0.623. The van der Waals surface area contributed by atoms with Crippen LogP contribution in [0.2, 0.25) is 0 Å². The Kier molecular flexibility index (Phi) is 2.43. The molecule has 1 heterocycles. The number of methoxy groups -OCH3 is 1.